The Labute approximate surface area is 112 Å². The number of unbranched alkanes of at least 4 members (excludes halogenated alkanes) is 2. The third-order valence-corrected chi connectivity index (χ3v) is 4.82. The van der Waals surface area contributed by atoms with Gasteiger partial charge in [-0.15, -0.1) is 0 Å². The highest BCUT2D eigenvalue weighted by molar-refractivity contribution is 4.93. The zero-order valence-corrected chi connectivity index (χ0v) is 12.0. The molecule has 0 aromatic rings. The molecule has 1 atom stereocenters. The Morgan fingerprint density at radius 2 is 2.00 bits per heavy atom. The van der Waals surface area contributed by atoms with E-state index in [0.29, 0.717) is 0 Å². The van der Waals surface area contributed by atoms with Gasteiger partial charge in [-0.25, -0.2) is 0 Å². The van der Waals surface area contributed by atoms with E-state index in [0.717, 1.165) is 19.2 Å². The van der Waals surface area contributed by atoms with Crippen LogP contribution in [0, 0.1) is 0 Å². The second-order valence-corrected chi connectivity index (χ2v) is 6.22. The third kappa shape index (κ3) is 3.69. The van der Waals surface area contributed by atoms with Crippen LogP contribution < -0.4 is 5.73 Å². The van der Waals surface area contributed by atoms with Crippen molar-refractivity contribution in [2.45, 2.75) is 69.4 Å². The summed E-state index contributed by atoms with van der Waals surface area (Å²) < 4.78 is 6.11. The van der Waals surface area contributed by atoms with Crippen molar-refractivity contribution in [3.05, 3.63) is 0 Å². The lowest BCUT2D eigenvalue weighted by Gasteiger charge is -2.42. The van der Waals surface area contributed by atoms with E-state index in [9.17, 15) is 0 Å². The number of hydrogen-bond acceptors (Lipinski definition) is 3. The number of ether oxygens (including phenoxy) is 1. The van der Waals surface area contributed by atoms with Crippen LogP contribution >= 0.6 is 0 Å². The Kier molecular flexibility index (Phi) is 5.46. The summed E-state index contributed by atoms with van der Waals surface area (Å²) in [4.78, 5) is 2.57. The minimum absolute atomic E-state index is 0.258. The fraction of sp³-hybridized carbons (Fsp3) is 1.00. The van der Waals surface area contributed by atoms with Crippen LogP contribution in [0.3, 0.4) is 0 Å². The smallest absolute Gasteiger partial charge is 0.0697 e. The lowest BCUT2D eigenvalue weighted by Crippen LogP contribution is -2.46. The summed E-state index contributed by atoms with van der Waals surface area (Å²) in [6, 6.07) is 0.745. The minimum Gasteiger partial charge on any atom is -0.375 e. The summed E-state index contributed by atoms with van der Waals surface area (Å²) in [5.74, 6) is 0. The molecule has 2 aliphatic rings. The van der Waals surface area contributed by atoms with Gasteiger partial charge in [-0.1, -0.05) is 19.3 Å². The van der Waals surface area contributed by atoms with Crippen molar-refractivity contribution in [2.24, 2.45) is 5.73 Å². The van der Waals surface area contributed by atoms with Gasteiger partial charge in [0.15, 0.2) is 0 Å². The van der Waals surface area contributed by atoms with Crippen molar-refractivity contribution in [1.82, 2.24) is 4.90 Å². The van der Waals surface area contributed by atoms with Crippen LogP contribution in [0.5, 0.6) is 0 Å². The van der Waals surface area contributed by atoms with Gasteiger partial charge in [0.25, 0.3) is 0 Å². The fourth-order valence-electron chi connectivity index (χ4n) is 3.61. The quantitative estimate of drug-likeness (QED) is 0.740. The first-order valence-corrected chi connectivity index (χ1v) is 7.80. The number of hydrogen-bond donors (Lipinski definition) is 1. The van der Waals surface area contributed by atoms with Gasteiger partial charge in [-0.3, -0.25) is 0 Å². The molecule has 3 heteroatoms. The van der Waals surface area contributed by atoms with E-state index in [1.807, 2.05) is 0 Å². The Bertz CT molecular complexity index is 239. The van der Waals surface area contributed by atoms with Crippen LogP contribution in [-0.4, -0.2) is 43.3 Å². The summed E-state index contributed by atoms with van der Waals surface area (Å²) in [6.07, 6.45) is 11.5. The molecule has 1 aliphatic carbocycles. The van der Waals surface area contributed by atoms with Gasteiger partial charge in [0, 0.05) is 12.6 Å². The van der Waals surface area contributed by atoms with Crippen LogP contribution in [0.2, 0.25) is 0 Å². The van der Waals surface area contributed by atoms with Crippen molar-refractivity contribution in [3.8, 4) is 0 Å². The number of rotatable bonds is 6. The Balaban J connectivity index is 1.74. The summed E-state index contributed by atoms with van der Waals surface area (Å²) in [7, 11) is 2.29. The molecule has 2 fully saturated rings. The van der Waals surface area contributed by atoms with Crippen LogP contribution in [0.4, 0.5) is 0 Å². The Hall–Kier alpha value is -0.120. The van der Waals surface area contributed by atoms with E-state index < -0.39 is 0 Å². The van der Waals surface area contributed by atoms with Crippen molar-refractivity contribution in [3.63, 3.8) is 0 Å². The largest absolute Gasteiger partial charge is 0.375 e. The molecule has 1 saturated heterocycles. The second kappa shape index (κ2) is 6.88. The molecule has 0 aromatic carbocycles. The molecular weight excluding hydrogens is 224 g/mol. The van der Waals surface area contributed by atoms with E-state index >= 15 is 0 Å². The molecule has 1 saturated carbocycles. The molecule has 3 nitrogen and oxygen atoms in total. The highest BCUT2D eigenvalue weighted by atomic mass is 16.5. The molecule has 0 amide bonds. The van der Waals surface area contributed by atoms with Crippen molar-refractivity contribution < 1.29 is 4.74 Å². The minimum atomic E-state index is 0.258. The molecule has 106 valence electrons. The molecule has 1 unspecified atom stereocenters. The van der Waals surface area contributed by atoms with E-state index in [-0.39, 0.29) is 5.60 Å². The van der Waals surface area contributed by atoms with Crippen molar-refractivity contribution >= 4 is 0 Å². The summed E-state index contributed by atoms with van der Waals surface area (Å²) in [5.41, 5.74) is 5.79. The van der Waals surface area contributed by atoms with Gasteiger partial charge in [0.2, 0.25) is 0 Å². The van der Waals surface area contributed by atoms with Gasteiger partial charge in [-0.2, -0.15) is 0 Å². The summed E-state index contributed by atoms with van der Waals surface area (Å²) in [6.45, 7) is 3.03. The zero-order valence-electron chi connectivity index (χ0n) is 12.0. The van der Waals surface area contributed by atoms with Gasteiger partial charge >= 0.3 is 0 Å². The lowest BCUT2D eigenvalue weighted by atomic mass is 9.88. The lowest BCUT2D eigenvalue weighted by molar-refractivity contribution is -0.0988. The van der Waals surface area contributed by atoms with E-state index in [1.54, 1.807) is 0 Å². The predicted octanol–water partition coefficient (Wildman–Crippen LogP) is 2.54. The van der Waals surface area contributed by atoms with E-state index in [4.69, 9.17) is 10.5 Å². The first kappa shape index (κ1) is 14.3. The van der Waals surface area contributed by atoms with E-state index in [2.05, 4.69) is 11.9 Å². The SMILES string of the molecule is CN(CCCCCN)C1CCOC2(CCCC2)C1. The van der Waals surface area contributed by atoms with Crippen LogP contribution in [0.25, 0.3) is 0 Å². The summed E-state index contributed by atoms with van der Waals surface area (Å²) >= 11 is 0. The van der Waals surface area contributed by atoms with Gasteiger partial charge in [0.1, 0.15) is 0 Å². The first-order valence-electron chi connectivity index (χ1n) is 7.80. The molecule has 18 heavy (non-hydrogen) atoms. The standard InChI is InChI=1S/C15H30N2O/c1-17(11-6-2-5-10-16)14-7-12-18-15(13-14)8-3-4-9-15/h14H,2-13,16H2,1H3. The maximum absolute atomic E-state index is 6.11. The number of nitrogens with two attached hydrogens (primary N) is 1. The average molecular weight is 254 g/mol. The molecule has 2 N–H and O–H groups in total. The molecule has 1 aliphatic heterocycles. The Morgan fingerprint density at radius 1 is 1.22 bits per heavy atom. The fourth-order valence-corrected chi connectivity index (χ4v) is 3.61. The predicted molar refractivity (Wildman–Crippen MR) is 75.7 cm³/mol. The average Bonchev–Trinajstić information content (AvgIpc) is 2.82. The molecular formula is C15H30N2O. The Morgan fingerprint density at radius 3 is 2.72 bits per heavy atom. The molecule has 1 spiro atoms. The van der Waals surface area contributed by atoms with Crippen LogP contribution in [-0.2, 0) is 4.74 Å². The molecule has 1 heterocycles. The molecule has 0 radical (unpaired) electrons. The third-order valence-electron chi connectivity index (χ3n) is 4.82. The van der Waals surface area contributed by atoms with Crippen molar-refractivity contribution in [2.75, 3.05) is 26.7 Å². The van der Waals surface area contributed by atoms with E-state index in [1.165, 1.54) is 64.3 Å². The maximum Gasteiger partial charge on any atom is 0.0697 e. The second-order valence-electron chi connectivity index (χ2n) is 6.22. The summed E-state index contributed by atoms with van der Waals surface area (Å²) in [5, 5.41) is 0. The zero-order chi connectivity index (χ0) is 12.8. The normalized spacial score (nSPS) is 27.2. The topological polar surface area (TPSA) is 38.5 Å². The van der Waals surface area contributed by atoms with Gasteiger partial charge < -0.3 is 15.4 Å². The monoisotopic (exact) mass is 254 g/mol. The van der Waals surface area contributed by atoms with Gasteiger partial charge in [0.05, 0.1) is 5.60 Å². The van der Waals surface area contributed by atoms with Crippen molar-refractivity contribution in [1.29, 1.82) is 0 Å². The highest BCUT2D eigenvalue weighted by Gasteiger charge is 2.40. The van der Waals surface area contributed by atoms with Gasteiger partial charge in [-0.05, 0) is 58.7 Å². The molecule has 2 rings (SSSR count). The molecule has 0 bridgehead atoms. The molecule has 0 aromatic heterocycles. The van der Waals surface area contributed by atoms with Crippen LogP contribution in [0.15, 0.2) is 0 Å². The number of nitrogens with zero attached hydrogens (tertiary/aromatic N) is 1. The van der Waals surface area contributed by atoms with Crippen LogP contribution in [0.1, 0.15) is 57.8 Å². The maximum atomic E-state index is 6.11. The highest BCUT2D eigenvalue weighted by Crippen LogP contribution is 2.40. The first-order chi connectivity index (χ1) is 8.76.